The summed E-state index contributed by atoms with van der Waals surface area (Å²) in [5.41, 5.74) is 36.3. The van der Waals surface area contributed by atoms with Crippen molar-refractivity contribution in [3.8, 4) is 112 Å². The average molecular weight is 1350 g/mol. The number of rotatable bonds is 12. The highest BCUT2D eigenvalue weighted by atomic mass is 14.9. The van der Waals surface area contributed by atoms with Crippen molar-refractivity contribution in [3.05, 3.63) is 466 Å². The Bertz CT molecular complexity index is 5830. The van der Waals surface area contributed by atoms with Crippen LogP contribution in [0.15, 0.2) is 388 Å². The smallest absolute Gasteiger partial charge is 0.160 e. The number of hydrogen-bond donors (Lipinski definition) is 0. The SMILES string of the molecule is c1ccc(-c2cc(-c3ccc(-c4cccc5c4-c4ccccc4C5(c4ccccc4)c4ccccc4)cc3)nc(-c3ccc4c(c3)C3c5ccccc5C4c4cc(-c5nc(-c6ccccc6)cc(-c6ccc(-c7cccc8c7-c7ccccc7C8(c7ccccc7)c7ccccc7)cc6)n5)ccc43)n2)cc1. The van der Waals surface area contributed by atoms with Gasteiger partial charge >= 0.3 is 0 Å². The molecule has 2 atom stereocenters. The molecule has 5 aliphatic rings. The Kier molecular flexibility index (Phi) is 14.2. The van der Waals surface area contributed by atoms with E-state index in [1.54, 1.807) is 0 Å². The molecule has 2 aromatic heterocycles. The van der Waals surface area contributed by atoms with Gasteiger partial charge in [0.25, 0.3) is 0 Å². The summed E-state index contributed by atoms with van der Waals surface area (Å²) in [4.78, 5) is 21.9. The highest BCUT2D eigenvalue weighted by molar-refractivity contribution is 5.98. The highest BCUT2D eigenvalue weighted by Gasteiger charge is 2.49. The van der Waals surface area contributed by atoms with Crippen molar-refractivity contribution in [2.45, 2.75) is 22.7 Å². The maximum absolute atomic E-state index is 5.51. The van der Waals surface area contributed by atoms with Gasteiger partial charge in [0, 0.05) is 45.2 Å². The topological polar surface area (TPSA) is 51.6 Å². The van der Waals surface area contributed by atoms with E-state index >= 15 is 0 Å². The Morgan fingerprint density at radius 2 is 0.443 bits per heavy atom. The summed E-state index contributed by atoms with van der Waals surface area (Å²) in [7, 11) is 0. The van der Waals surface area contributed by atoms with Crippen LogP contribution in [-0.2, 0) is 10.8 Å². The Labute approximate surface area is 617 Å². The van der Waals surface area contributed by atoms with Gasteiger partial charge in [-0.1, -0.05) is 364 Å². The van der Waals surface area contributed by atoms with Crippen molar-refractivity contribution in [2.24, 2.45) is 0 Å². The zero-order valence-corrected chi connectivity index (χ0v) is 57.9. The van der Waals surface area contributed by atoms with E-state index in [0.717, 1.165) is 67.3 Å². The normalized spacial score (nSPS) is 14.8. The van der Waals surface area contributed by atoms with Crippen LogP contribution < -0.4 is 0 Å². The third-order valence-electron chi connectivity index (χ3n) is 23.1. The maximum Gasteiger partial charge on any atom is 0.160 e. The predicted molar refractivity (Wildman–Crippen MR) is 430 cm³/mol. The lowest BCUT2D eigenvalue weighted by Gasteiger charge is -2.42. The number of benzene rings is 15. The van der Waals surface area contributed by atoms with Crippen molar-refractivity contribution in [3.63, 3.8) is 0 Å². The van der Waals surface area contributed by atoms with Gasteiger partial charge in [-0.05, 0) is 147 Å². The summed E-state index contributed by atoms with van der Waals surface area (Å²) in [5, 5.41) is 0. The zero-order valence-electron chi connectivity index (χ0n) is 57.9. The van der Waals surface area contributed by atoms with Gasteiger partial charge in [0.15, 0.2) is 11.6 Å². The molecule has 0 saturated carbocycles. The van der Waals surface area contributed by atoms with E-state index in [2.05, 4.69) is 388 Å². The molecular formula is C102H66N4. The molecular weight excluding hydrogens is 1280 g/mol. The first-order valence-electron chi connectivity index (χ1n) is 36.7. The number of nitrogens with zero attached hydrogens (tertiary/aromatic N) is 4. The largest absolute Gasteiger partial charge is 0.228 e. The van der Waals surface area contributed by atoms with Crippen molar-refractivity contribution in [1.29, 1.82) is 0 Å². The van der Waals surface area contributed by atoms with Crippen LogP contribution in [0.4, 0.5) is 0 Å². The van der Waals surface area contributed by atoms with Gasteiger partial charge in [0.1, 0.15) is 0 Å². The molecule has 17 aromatic rings. The Morgan fingerprint density at radius 3 is 0.802 bits per heavy atom. The fraction of sp³-hybridized carbons (Fsp3) is 0.0392. The Morgan fingerprint density at radius 1 is 0.179 bits per heavy atom. The first-order chi connectivity index (χ1) is 52.6. The summed E-state index contributed by atoms with van der Waals surface area (Å²) in [6.45, 7) is 0. The first kappa shape index (κ1) is 61.2. The van der Waals surface area contributed by atoms with Crippen molar-refractivity contribution >= 4 is 0 Å². The lowest BCUT2D eigenvalue weighted by Crippen LogP contribution is -2.28. The molecule has 2 heterocycles. The summed E-state index contributed by atoms with van der Waals surface area (Å²) >= 11 is 0. The van der Waals surface area contributed by atoms with Gasteiger partial charge in [-0.25, -0.2) is 19.9 Å². The van der Waals surface area contributed by atoms with Gasteiger partial charge < -0.3 is 0 Å². The van der Waals surface area contributed by atoms with Gasteiger partial charge in [-0.3, -0.25) is 0 Å². The minimum atomic E-state index is -0.487. The average Bonchev–Trinajstić information content (AvgIpc) is 0.922. The molecule has 0 fully saturated rings. The number of hydrogen-bond acceptors (Lipinski definition) is 4. The molecule has 0 amide bonds. The predicted octanol–water partition coefficient (Wildman–Crippen LogP) is 24.3. The monoisotopic (exact) mass is 1350 g/mol. The van der Waals surface area contributed by atoms with Gasteiger partial charge in [-0.15, -0.1) is 0 Å². The molecule has 106 heavy (non-hydrogen) atoms. The van der Waals surface area contributed by atoms with E-state index < -0.39 is 10.8 Å². The molecule has 22 rings (SSSR count). The van der Waals surface area contributed by atoms with Crippen LogP contribution in [-0.4, -0.2) is 19.9 Å². The minimum absolute atomic E-state index is 0.0143. The summed E-state index contributed by atoms with van der Waals surface area (Å²) in [5.74, 6) is 1.35. The van der Waals surface area contributed by atoms with Crippen molar-refractivity contribution < 1.29 is 0 Å². The van der Waals surface area contributed by atoms with Crippen molar-refractivity contribution in [1.82, 2.24) is 19.9 Å². The van der Waals surface area contributed by atoms with E-state index in [4.69, 9.17) is 19.9 Å². The number of fused-ring (bicyclic) bond motifs is 6. The highest BCUT2D eigenvalue weighted by Crippen LogP contribution is 2.61. The zero-order chi connectivity index (χ0) is 69.9. The third-order valence-corrected chi connectivity index (χ3v) is 23.1. The molecule has 4 nitrogen and oxygen atoms in total. The van der Waals surface area contributed by atoms with E-state index in [1.165, 1.54) is 111 Å². The van der Waals surface area contributed by atoms with Crippen LogP contribution >= 0.6 is 0 Å². The van der Waals surface area contributed by atoms with Crippen LogP contribution in [0, 0.1) is 0 Å². The second-order valence-corrected chi connectivity index (χ2v) is 28.5. The molecule has 2 unspecified atom stereocenters. The second kappa shape index (κ2) is 24.6. The van der Waals surface area contributed by atoms with E-state index in [1.807, 2.05) is 0 Å². The van der Waals surface area contributed by atoms with Gasteiger partial charge in [0.2, 0.25) is 0 Å². The molecule has 0 spiro atoms. The van der Waals surface area contributed by atoms with E-state index in [0.29, 0.717) is 11.6 Å². The molecule has 5 aliphatic carbocycles. The van der Waals surface area contributed by atoms with Crippen LogP contribution in [0.1, 0.15) is 89.7 Å². The lowest BCUT2D eigenvalue weighted by molar-refractivity contribution is 0.754. The standard InChI is InChI=1S/C102H66N4/c1-7-27-67(28-8-1)91-63-93(69-53-49-65(50-54-69)77-43-25-47-89-97(77)83-41-21-23-45-87(83)101(89,73-31-11-3-12-32-73)74-33-13-4-14-34-74)105-99(103-91)71-57-59-81-85(61-71)95-79-39-19-20-40-80(79)96(81)86-62-72(58-60-82(86)95)100-104-92(68-29-9-2-10-30-68)64-94(106-100)70-55-51-66(52-56-70)78-44-26-48-90-98(78)84-42-22-24-46-88(84)102(90,75-35-15-5-16-36-75)76-37-17-6-18-38-76/h1-64,95-96H. The van der Waals surface area contributed by atoms with Gasteiger partial charge in [-0.2, -0.15) is 0 Å². The minimum Gasteiger partial charge on any atom is -0.228 e. The molecule has 0 radical (unpaired) electrons. The molecule has 0 saturated heterocycles. The van der Waals surface area contributed by atoms with Crippen LogP contribution in [0.5, 0.6) is 0 Å². The summed E-state index contributed by atoms with van der Waals surface area (Å²) in [6, 6.07) is 142. The van der Waals surface area contributed by atoms with E-state index in [-0.39, 0.29) is 11.8 Å². The molecule has 2 bridgehead atoms. The summed E-state index contributed by atoms with van der Waals surface area (Å²) in [6.07, 6.45) is 0. The van der Waals surface area contributed by atoms with Gasteiger partial charge in [0.05, 0.1) is 33.6 Å². The Balaban J connectivity index is 0.634. The van der Waals surface area contributed by atoms with Crippen molar-refractivity contribution in [2.75, 3.05) is 0 Å². The molecule has 494 valence electrons. The third kappa shape index (κ3) is 9.40. The van der Waals surface area contributed by atoms with Crippen LogP contribution in [0.3, 0.4) is 0 Å². The molecule has 4 heteroatoms. The Hall–Kier alpha value is -13.5. The molecule has 0 aliphatic heterocycles. The number of aromatic nitrogens is 4. The first-order valence-corrected chi connectivity index (χ1v) is 36.7. The fourth-order valence-corrected chi connectivity index (χ4v) is 18.6. The van der Waals surface area contributed by atoms with Crippen LogP contribution in [0.25, 0.3) is 112 Å². The van der Waals surface area contributed by atoms with E-state index in [9.17, 15) is 0 Å². The molecule has 0 N–H and O–H groups in total. The van der Waals surface area contributed by atoms with Crippen LogP contribution in [0.2, 0.25) is 0 Å². The lowest BCUT2D eigenvalue weighted by atomic mass is 9.61. The summed E-state index contributed by atoms with van der Waals surface area (Å²) < 4.78 is 0. The molecule has 15 aromatic carbocycles. The second-order valence-electron chi connectivity index (χ2n) is 28.5. The quantitative estimate of drug-likeness (QED) is 0.122. The maximum atomic E-state index is 5.51. The fourth-order valence-electron chi connectivity index (χ4n) is 18.6.